The van der Waals surface area contributed by atoms with E-state index in [1.165, 1.54) is 16.3 Å². The first kappa shape index (κ1) is 10.6. The van der Waals surface area contributed by atoms with Gasteiger partial charge < -0.3 is 0 Å². The fraction of sp³-hybridized carbons (Fsp3) is 0.133. The van der Waals surface area contributed by atoms with Crippen molar-refractivity contribution in [1.82, 2.24) is 0 Å². The molecule has 0 aromatic heterocycles. The molecule has 0 aliphatic heterocycles. The van der Waals surface area contributed by atoms with E-state index in [9.17, 15) is 0 Å². The van der Waals surface area contributed by atoms with Crippen molar-refractivity contribution in [2.45, 2.75) is 13.8 Å². The van der Waals surface area contributed by atoms with Gasteiger partial charge in [0.2, 0.25) is 0 Å². The average molecular weight is 209 g/mol. The van der Waals surface area contributed by atoms with E-state index in [-0.39, 0.29) is 0 Å². The first-order chi connectivity index (χ1) is 7.77. The summed E-state index contributed by atoms with van der Waals surface area (Å²) < 4.78 is 0. The second kappa shape index (κ2) is 4.31. The third kappa shape index (κ3) is 1.65. The zero-order valence-electron chi connectivity index (χ0n) is 9.70. The van der Waals surface area contributed by atoms with Crippen LogP contribution in [0.5, 0.6) is 0 Å². The minimum absolute atomic E-state index is 0.941. The molecule has 0 atom stereocenters. The molecular weight excluding hydrogens is 194 g/mol. The number of fused-ring (bicyclic) bond motifs is 1. The Balaban J connectivity index is 2.82. The van der Waals surface area contributed by atoms with Gasteiger partial charge in [0.25, 0.3) is 0 Å². The maximum Gasteiger partial charge on any atom is 0.0658 e. The average Bonchev–Trinajstić information content (AvgIpc) is 2.34. The highest BCUT2D eigenvalue weighted by Gasteiger charge is 2.05. The Morgan fingerprint density at radius 3 is 2.44 bits per heavy atom. The second-order valence-electron chi connectivity index (χ2n) is 3.81. The monoisotopic (exact) mass is 209 g/mol. The number of rotatable bonds is 2. The van der Waals surface area contributed by atoms with E-state index < -0.39 is 0 Å². The van der Waals surface area contributed by atoms with Gasteiger partial charge in [-0.05, 0) is 36.9 Å². The van der Waals surface area contributed by atoms with Gasteiger partial charge in [0, 0.05) is 5.56 Å². The van der Waals surface area contributed by atoms with E-state index in [4.69, 9.17) is 0 Å². The van der Waals surface area contributed by atoms with Crippen LogP contribution in [0.1, 0.15) is 18.1 Å². The number of hydrogen-bond donors (Lipinski definition) is 0. The molecule has 80 valence electrons. The Kier molecular flexibility index (Phi) is 2.86. The highest BCUT2D eigenvalue weighted by molar-refractivity contribution is 5.95. The Hall–Kier alpha value is -1.89. The SMILES string of the molecule is C=N/C(=C/C)c1ccc(C)c2ccccc12. The molecule has 0 N–H and O–H groups in total. The zero-order chi connectivity index (χ0) is 11.5. The lowest BCUT2D eigenvalue weighted by atomic mass is 9.98. The molecule has 0 aliphatic carbocycles. The number of aryl methyl sites for hydroxylation is 1. The predicted octanol–water partition coefficient (Wildman–Crippen LogP) is 4.21. The molecule has 0 amide bonds. The first-order valence-corrected chi connectivity index (χ1v) is 5.39. The van der Waals surface area contributed by atoms with Gasteiger partial charge >= 0.3 is 0 Å². The second-order valence-corrected chi connectivity index (χ2v) is 3.81. The minimum atomic E-state index is 0.941. The molecule has 0 bridgehead atoms. The zero-order valence-corrected chi connectivity index (χ0v) is 9.70. The number of benzene rings is 2. The van der Waals surface area contributed by atoms with E-state index in [2.05, 4.69) is 55.0 Å². The van der Waals surface area contributed by atoms with Crippen LogP contribution in [-0.4, -0.2) is 6.72 Å². The van der Waals surface area contributed by atoms with Crippen LogP contribution < -0.4 is 0 Å². The summed E-state index contributed by atoms with van der Waals surface area (Å²) in [5.41, 5.74) is 3.38. The molecule has 16 heavy (non-hydrogen) atoms. The Morgan fingerprint density at radius 1 is 1.12 bits per heavy atom. The molecule has 0 aliphatic rings. The Labute approximate surface area is 96.1 Å². The number of allylic oxidation sites excluding steroid dienone is 1. The molecular formula is C15H15N. The van der Waals surface area contributed by atoms with Gasteiger partial charge in [-0.25, -0.2) is 0 Å². The van der Waals surface area contributed by atoms with Gasteiger partial charge in [0.05, 0.1) is 5.70 Å². The summed E-state index contributed by atoms with van der Waals surface area (Å²) in [6.45, 7) is 7.73. The van der Waals surface area contributed by atoms with Crippen LogP contribution in [0.15, 0.2) is 47.5 Å². The normalized spacial score (nSPS) is 11.8. The van der Waals surface area contributed by atoms with E-state index in [0.29, 0.717) is 0 Å². The number of nitrogens with zero attached hydrogens (tertiary/aromatic N) is 1. The quantitative estimate of drug-likeness (QED) is 0.657. The fourth-order valence-electron chi connectivity index (χ4n) is 2.01. The van der Waals surface area contributed by atoms with Crippen LogP contribution in [0.4, 0.5) is 0 Å². The number of hydrogen-bond acceptors (Lipinski definition) is 1. The van der Waals surface area contributed by atoms with Crippen LogP contribution in [0.25, 0.3) is 16.5 Å². The lowest BCUT2D eigenvalue weighted by Crippen LogP contribution is -1.86. The maximum atomic E-state index is 4.07. The molecule has 0 unspecified atom stereocenters. The predicted molar refractivity (Wildman–Crippen MR) is 71.9 cm³/mol. The topological polar surface area (TPSA) is 12.4 Å². The third-order valence-corrected chi connectivity index (χ3v) is 2.86. The lowest BCUT2D eigenvalue weighted by molar-refractivity contribution is 1.48. The van der Waals surface area contributed by atoms with Crippen molar-refractivity contribution in [3.8, 4) is 0 Å². The summed E-state index contributed by atoms with van der Waals surface area (Å²) in [6, 6.07) is 12.6. The molecule has 0 spiro atoms. The van der Waals surface area contributed by atoms with E-state index >= 15 is 0 Å². The van der Waals surface area contributed by atoms with Crippen molar-refractivity contribution >= 4 is 23.2 Å². The summed E-state index contributed by atoms with van der Waals surface area (Å²) >= 11 is 0. The molecule has 1 nitrogen and oxygen atoms in total. The molecule has 2 rings (SSSR count). The van der Waals surface area contributed by atoms with Gasteiger partial charge in [-0.1, -0.05) is 42.5 Å². The summed E-state index contributed by atoms with van der Waals surface area (Å²) in [5.74, 6) is 0. The van der Waals surface area contributed by atoms with Gasteiger partial charge in [-0.3, -0.25) is 4.99 Å². The molecule has 2 aromatic carbocycles. The highest BCUT2D eigenvalue weighted by atomic mass is 14.7. The van der Waals surface area contributed by atoms with Crippen molar-refractivity contribution < 1.29 is 0 Å². The summed E-state index contributed by atoms with van der Waals surface area (Å²) in [5, 5.41) is 2.52. The van der Waals surface area contributed by atoms with E-state index in [1.54, 1.807) is 0 Å². The van der Waals surface area contributed by atoms with E-state index in [0.717, 1.165) is 11.3 Å². The third-order valence-electron chi connectivity index (χ3n) is 2.86. The van der Waals surface area contributed by atoms with Crippen LogP contribution in [0.2, 0.25) is 0 Å². The standard InChI is InChI=1S/C15H15N/c1-4-15(16-3)14-10-9-11(2)12-7-5-6-8-13(12)14/h4-10H,3H2,1-2H3/b15-4+. The molecule has 0 fully saturated rings. The minimum Gasteiger partial charge on any atom is -0.264 e. The summed E-state index contributed by atoms with van der Waals surface area (Å²) in [7, 11) is 0. The van der Waals surface area contributed by atoms with Crippen molar-refractivity contribution in [3.05, 3.63) is 53.6 Å². The van der Waals surface area contributed by atoms with Crippen LogP contribution in [0, 0.1) is 6.92 Å². The van der Waals surface area contributed by atoms with Crippen LogP contribution >= 0.6 is 0 Å². The summed E-state index contributed by atoms with van der Waals surface area (Å²) in [6.07, 6.45) is 1.99. The molecule has 0 heterocycles. The van der Waals surface area contributed by atoms with Crippen molar-refractivity contribution in [2.24, 2.45) is 4.99 Å². The van der Waals surface area contributed by atoms with Crippen LogP contribution in [0.3, 0.4) is 0 Å². The van der Waals surface area contributed by atoms with Gasteiger partial charge in [0.1, 0.15) is 0 Å². The van der Waals surface area contributed by atoms with Gasteiger partial charge in [-0.2, -0.15) is 0 Å². The lowest BCUT2D eigenvalue weighted by Gasteiger charge is -2.08. The fourth-order valence-corrected chi connectivity index (χ4v) is 2.01. The van der Waals surface area contributed by atoms with E-state index in [1.807, 2.05) is 13.0 Å². The van der Waals surface area contributed by atoms with Crippen molar-refractivity contribution in [3.63, 3.8) is 0 Å². The summed E-state index contributed by atoms with van der Waals surface area (Å²) in [4.78, 5) is 4.07. The number of aliphatic imine (C=N–C) groups is 1. The van der Waals surface area contributed by atoms with Gasteiger partial charge in [-0.15, -0.1) is 0 Å². The van der Waals surface area contributed by atoms with Gasteiger partial charge in [0.15, 0.2) is 0 Å². The molecule has 0 saturated heterocycles. The Bertz CT molecular complexity index is 565. The molecule has 1 heteroatoms. The molecule has 0 saturated carbocycles. The molecule has 2 aromatic rings. The molecule has 0 radical (unpaired) electrons. The largest absolute Gasteiger partial charge is 0.264 e. The highest BCUT2D eigenvalue weighted by Crippen LogP contribution is 2.27. The van der Waals surface area contributed by atoms with Crippen molar-refractivity contribution in [2.75, 3.05) is 0 Å². The van der Waals surface area contributed by atoms with Crippen molar-refractivity contribution in [1.29, 1.82) is 0 Å². The first-order valence-electron chi connectivity index (χ1n) is 5.39. The Morgan fingerprint density at radius 2 is 1.81 bits per heavy atom. The smallest absolute Gasteiger partial charge is 0.0658 e. The maximum absolute atomic E-state index is 4.07. The van der Waals surface area contributed by atoms with Crippen LogP contribution in [-0.2, 0) is 0 Å².